The molecule has 1 aromatic rings. The number of carbonyl (C=O) groups is 2. The number of ether oxygens (including phenoxy) is 4. The molecule has 0 radical (unpaired) electrons. The maximum absolute atomic E-state index is 13.9. The van der Waals surface area contributed by atoms with Crippen LogP contribution in [0, 0.1) is 23.7 Å². The summed E-state index contributed by atoms with van der Waals surface area (Å²) in [5.74, 6) is -3.79. The van der Waals surface area contributed by atoms with E-state index in [1.54, 1.807) is 13.8 Å². The van der Waals surface area contributed by atoms with Crippen molar-refractivity contribution in [3.8, 4) is 0 Å². The maximum Gasteiger partial charge on any atom is 0.316 e. The molecule has 14 atom stereocenters. The molecule has 260 valence electrons. The van der Waals surface area contributed by atoms with Crippen molar-refractivity contribution in [2.75, 3.05) is 7.05 Å². The van der Waals surface area contributed by atoms with E-state index in [1.165, 1.54) is 13.8 Å². The molecule has 5 unspecified atom stereocenters. The second-order valence-electron chi connectivity index (χ2n) is 14.6. The molecule has 2 bridgehead atoms. The van der Waals surface area contributed by atoms with Gasteiger partial charge in [0.2, 0.25) is 0 Å². The summed E-state index contributed by atoms with van der Waals surface area (Å²) in [4.78, 5) is 29.5. The Bertz CT molecular complexity index is 1210. The van der Waals surface area contributed by atoms with Crippen LogP contribution in [0.1, 0.15) is 80.2 Å². The Hall–Kier alpha value is -1.63. The minimum atomic E-state index is -1.78. The summed E-state index contributed by atoms with van der Waals surface area (Å²) < 4.78 is 25.5. The molecule has 10 nitrogen and oxygen atoms in total. The Morgan fingerprint density at radius 3 is 2.39 bits per heavy atom. The van der Waals surface area contributed by atoms with Gasteiger partial charge < -0.3 is 34.3 Å². The van der Waals surface area contributed by atoms with E-state index >= 15 is 0 Å². The number of hydrogen-bond acceptors (Lipinski definition) is 10. The van der Waals surface area contributed by atoms with Gasteiger partial charge in [-0.05, 0) is 77.6 Å². The summed E-state index contributed by atoms with van der Waals surface area (Å²) >= 11 is 6.07. The lowest BCUT2D eigenvalue weighted by molar-refractivity contribution is -0.296. The number of hydrogen-bond donors (Lipinski definition) is 3. The number of aliphatic hydroxyl groups is 3. The van der Waals surface area contributed by atoms with E-state index in [4.69, 9.17) is 30.5 Å². The highest BCUT2D eigenvalue weighted by molar-refractivity contribution is 6.30. The number of cyclic esters (lactones) is 1. The summed E-state index contributed by atoms with van der Waals surface area (Å²) in [6, 6.07) is 7.28. The predicted molar refractivity (Wildman–Crippen MR) is 173 cm³/mol. The average Bonchev–Trinajstić information content (AvgIpc) is 3.32. The van der Waals surface area contributed by atoms with Gasteiger partial charge in [-0.3, -0.25) is 14.5 Å². The van der Waals surface area contributed by atoms with Gasteiger partial charge in [0.1, 0.15) is 23.7 Å². The van der Waals surface area contributed by atoms with Gasteiger partial charge >= 0.3 is 5.97 Å². The largest absolute Gasteiger partial charge is 0.458 e. The Kier molecular flexibility index (Phi) is 11.7. The molecule has 1 aromatic carbocycles. The molecule has 46 heavy (non-hydrogen) atoms. The van der Waals surface area contributed by atoms with Crippen molar-refractivity contribution < 1.29 is 43.9 Å². The Morgan fingerprint density at radius 2 is 1.78 bits per heavy atom. The topological polar surface area (TPSA) is 135 Å². The quantitative estimate of drug-likeness (QED) is 0.274. The van der Waals surface area contributed by atoms with Crippen LogP contribution in [-0.4, -0.2) is 99.2 Å². The van der Waals surface area contributed by atoms with Crippen molar-refractivity contribution in [2.24, 2.45) is 23.7 Å². The molecular formula is C35H54ClNO9. The highest BCUT2D eigenvalue weighted by Crippen LogP contribution is 2.47. The van der Waals surface area contributed by atoms with Crippen LogP contribution in [0.25, 0.3) is 0 Å². The highest BCUT2D eigenvalue weighted by atomic mass is 35.5. The Labute approximate surface area is 278 Å². The second-order valence-corrected chi connectivity index (χ2v) is 15.0. The van der Waals surface area contributed by atoms with Crippen LogP contribution in [0.15, 0.2) is 24.3 Å². The summed E-state index contributed by atoms with van der Waals surface area (Å²) in [6.45, 7) is 14.6. The number of rotatable bonds is 8. The van der Waals surface area contributed by atoms with E-state index in [0.29, 0.717) is 24.4 Å². The molecule has 3 fully saturated rings. The lowest BCUT2D eigenvalue weighted by Crippen LogP contribution is -2.58. The minimum absolute atomic E-state index is 0.0737. The molecule has 0 aromatic heterocycles. The van der Waals surface area contributed by atoms with Crippen molar-refractivity contribution in [1.82, 2.24) is 4.90 Å². The van der Waals surface area contributed by atoms with Gasteiger partial charge in [-0.25, -0.2) is 0 Å². The second kappa shape index (κ2) is 14.5. The van der Waals surface area contributed by atoms with Crippen LogP contribution in [0.5, 0.6) is 0 Å². The van der Waals surface area contributed by atoms with Gasteiger partial charge in [0.15, 0.2) is 12.1 Å². The molecular weight excluding hydrogens is 614 g/mol. The number of Topliss-reactive ketones (excluding diaryl/α,β-unsaturated/α-hetero) is 1. The first-order chi connectivity index (χ1) is 21.4. The van der Waals surface area contributed by atoms with Gasteiger partial charge in [-0.2, -0.15) is 0 Å². The molecule has 4 rings (SSSR count). The van der Waals surface area contributed by atoms with Crippen LogP contribution in [0.3, 0.4) is 0 Å². The monoisotopic (exact) mass is 667 g/mol. The number of carbonyl (C=O) groups excluding carboxylic acids is 2. The van der Waals surface area contributed by atoms with Crippen molar-refractivity contribution in [3.05, 3.63) is 34.9 Å². The number of esters is 1. The molecule has 0 aliphatic carbocycles. The maximum atomic E-state index is 13.9. The first-order valence-corrected chi connectivity index (χ1v) is 17.0. The van der Waals surface area contributed by atoms with E-state index < -0.39 is 77.5 Å². The number of halogens is 1. The summed E-state index contributed by atoms with van der Waals surface area (Å²) in [7, 11) is 1.94. The molecule has 0 amide bonds. The molecule has 3 heterocycles. The van der Waals surface area contributed by atoms with E-state index in [-0.39, 0.29) is 24.5 Å². The van der Waals surface area contributed by atoms with Gasteiger partial charge in [-0.1, -0.05) is 51.4 Å². The van der Waals surface area contributed by atoms with Crippen LogP contribution < -0.4 is 0 Å². The number of aliphatic hydroxyl groups excluding tert-OH is 2. The smallest absolute Gasteiger partial charge is 0.316 e. The van der Waals surface area contributed by atoms with Crippen molar-refractivity contribution in [1.29, 1.82) is 0 Å². The Balaban J connectivity index is 1.65. The normalized spacial score (nSPS) is 41.0. The minimum Gasteiger partial charge on any atom is -0.458 e. The molecule has 3 aliphatic rings. The van der Waals surface area contributed by atoms with Crippen LogP contribution in [-0.2, 0) is 35.1 Å². The number of benzene rings is 1. The fourth-order valence-electron chi connectivity index (χ4n) is 7.97. The van der Waals surface area contributed by atoms with Gasteiger partial charge in [0.05, 0.1) is 30.0 Å². The molecule has 0 saturated carbocycles. The fraction of sp³-hybridized carbons (Fsp3) is 0.771. The number of likely N-dealkylation sites (N-methyl/N-ethyl adjacent to an activating group) is 1. The average molecular weight is 668 g/mol. The zero-order valence-electron chi connectivity index (χ0n) is 28.7. The van der Waals surface area contributed by atoms with Crippen LogP contribution in [0.2, 0.25) is 5.02 Å². The summed E-state index contributed by atoms with van der Waals surface area (Å²) in [5, 5.41) is 34.5. The third-order valence-corrected chi connectivity index (χ3v) is 10.9. The van der Waals surface area contributed by atoms with E-state index in [2.05, 4.69) is 4.90 Å². The number of ketones is 1. The highest BCUT2D eigenvalue weighted by Gasteiger charge is 2.57. The van der Waals surface area contributed by atoms with Crippen molar-refractivity contribution >= 4 is 23.4 Å². The first-order valence-electron chi connectivity index (χ1n) is 16.7. The summed E-state index contributed by atoms with van der Waals surface area (Å²) in [6.07, 6.45) is -4.68. The van der Waals surface area contributed by atoms with E-state index in [0.717, 1.165) is 5.56 Å². The van der Waals surface area contributed by atoms with Crippen molar-refractivity contribution in [3.63, 3.8) is 0 Å². The Morgan fingerprint density at radius 1 is 1.15 bits per heavy atom. The van der Waals surface area contributed by atoms with Gasteiger partial charge in [0, 0.05) is 29.4 Å². The zero-order valence-corrected chi connectivity index (χ0v) is 29.4. The van der Waals surface area contributed by atoms with Crippen LogP contribution >= 0.6 is 11.6 Å². The van der Waals surface area contributed by atoms with E-state index in [9.17, 15) is 24.9 Å². The SMILES string of the molecule is CC[C@@H](O)[C@@](C)(O)[C@@H]1OC(=O)[C@H](C)C(=O)[C@H](C)[C@H](O[C@@H]2OC(C)CC(N(C)Cc3ccc(Cl)cc3)C2O)[C@]2(C)CC(C)C(O2)[C@@H]1C. The zero-order chi connectivity index (χ0) is 34.3. The molecule has 3 aliphatic heterocycles. The molecule has 0 spiro atoms. The molecule has 3 N–H and O–H groups in total. The van der Waals surface area contributed by atoms with Crippen molar-refractivity contribution in [2.45, 2.75) is 141 Å². The standard InChI is InChI=1S/C35H54ClNO9/c1-10-26(38)35(8,42)31-22(6)29-18(2)16-34(7,46-29)30(20(4)27(39)21(5)32(41)44-31)45-33-28(40)25(15-19(3)43-33)37(9)17-23-11-13-24(36)14-12-23/h11-14,18-22,25-26,28-31,33,38,40,42H,10,15-17H2,1-9H3/t18?,19?,20-,21+,22-,25?,26+,28?,29?,30-,31+,33-,34-,35+/m0/s1. The van der Waals surface area contributed by atoms with Crippen LogP contribution in [0.4, 0.5) is 0 Å². The lowest BCUT2D eigenvalue weighted by Gasteiger charge is -2.46. The lowest BCUT2D eigenvalue weighted by atomic mass is 9.76. The molecule has 3 saturated heterocycles. The van der Waals surface area contributed by atoms with E-state index in [1.807, 2.05) is 59.0 Å². The summed E-state index contributed by atoms with van der Waals surface area (Å²) in [5.41, 5.74) is -1.74. The predicted octanol–water partition coefficient (Wildman–Crippen LogP) is 4.13. The number of nitrogens with zero attached hydrogens (tertiary/aromatic N) is 1. The fourth-order valence-corrected chi connectivity index (χ4v) is 8.10. The third-order valence-electron chi connectivity index (χ3n) is 10.7. The molecule has 11 heteroatoms. The first kappa shape index (κ1) is 37.2. The van der Waals surface area contributed by atoms with Gasteiger partial charge in [-0.15, -0.1) is 0 Å². The van der Waals surface area contributed by atoms with Gasteiger partial charge in [0.25, 0.3) is 0 Å². The third kappa shape index (κ3) is 7.49. The number of fused-ring (bicyclic) bond motifs is 2.